The quantitative estimate of drug-likeness (QED) is 0.832. The maximum atomic E-state index is 12.5. The Morgan fingerprint density at radius 2 is 1.64 bits per heavy atom. The van der Waals surface area contributed by atoms with Crippen molar-refractivity contribution in [3.05, 3.63) is 54.6 Å². The third-order valence-corrected chi connectivity index (χ3v) is 4.84. The van der Waals surface area contributed by atoms with Gasteiger partial charge >= 0.3 is 6.09 Å². The molecule has 3 rings (SSSR count). The smallest absolute Gasteiger partial charge is 0.409 e. The standard InChI is InChI=1S/C22H27N3O3/c1-2-28-22(27)25-16-14-24(15-17-25)13-12-21(26)23-20-11-7-6-10-19(20)18-8-4-3-5-9-18/h3-11H,2,12-17H2,1H3,(H,23,26). The third kappa shape index (κ3) is 5.33. The first-order valence-corrected chi connectivity index (χ1v) is 9.75. The van der Waals surface area contributed by atoms with Gasteiger partial charge in [0.25, 0.3) is 0 Å². The molecule has 0 unspecified atom stereocenters. The summed E-state index contributed by atoms with van der Waals surface area (Å²) in [5.41, 5.74) is 2.92. The summed E-state index contributed by atoms with van der Waals surface area (Å²) >= 11 is 0. The van der Waals surface area contributed by atoms with Crippen LogP contribution in [0.5, 0.6) is 0 Å². The van der Waals surface area contributed by atoms with Crippen LogP contribution in [0.2, 0.25) is 0 Å². The van der Waals surface area contributed by atoms with Gasteiger partial charge in [-0.05, 0) is 18.6 Å². The zero-order chi connectivity index (χ0) is 19.8. The number of rotatable bonds is 6. The zero-order valence-electron chi connectivity index (χ0n) is 16.3. The Hall–Kier alpha value is -2.86. The fourth-order valence-corrected chi connectivity index (χ4v) is 3.30. The number of hydrogen-bond donors (Lipinski definition) is 1. The maximum Gasteiger partial charge on any atom is 0.409 e. The van der Waals surface area contributed by atoms with E-state index in [1.165, 1.54) is 0 Å². The van der Waals surface area contributed by atoms with Crippen LogP contribution in [-0.4, -0.2) is 61.1 Å². The maximum absolute atomic E-state index is 12.5. The van der Waals surface area contributed by atoms with E-state index in [9.17, 15) is 9.59 Å². The minimum Gasteiger partial charge on any atom is -0.450 e. The lowest BCUT2D eigenvalue weighted by Crippen LogP contribution is -2.49. The van der Waals surface area contributed by atoms with Gasteiger partial charge in [-0.3, -0.25) is 9.69 Å². The van der Waals surface area contributed by atoms with E-state index in [4.69, 9.17) is 4.74 Å². The van der Waals surface area contributed by atoms with E-state index in [-0.39, 0.29) is 12.0 Å². The van der Waals surface area contributed by atoms with Crippen molar-refractivity contribution in [3.63, 3.8) is 0 Å². The number of para-hydroxylation sites is 1. The minimum absolute atomic E-state index is 0.00352. The van der Waals surface area contributed by atoms with Crippen LogP contribution in [0.25, 0.3) is 11.1 Å². The largest absolute Gasteiger partial charge is 0.450 e. The lowest BCUT2D eigenvalue weighted by atomic mass is 10.0. The Morgan fingerprint density at radius 3 is 2.36 bits per heavy atom. The number of anilines is 1. The molecule has 0 atom stereocenters. The Bertz CT molecular complexity index is 787. The second-order valence-corrected chi connectivity index (χ2v) is 6.74. The Balaban J connectivity index is 1.49. The Kier molecular flexibility index (Phi) is 7.03. The highest BCUT2D eigenvalue weighted by Gasteiger charge is 2.22. The van der Waals surface area contributed by atoms with Crippen molar-refractivity contribution in [1.82, 2.24) is 9.80 Å². The van der Waals surface area contributed by atoms with Crippen LogP contribution in [0.15, 0.2) is 54.6 Å². The molecule has 1 N–H and O–H groups in total. The van der Waals surface area contributed by atoms with Crippen LogP contribution in [0, 0.1) is 0 Å². The molecule has 1 fully saturated rings. The van der Waals surface area contributed by atoms with Crippen molar-refractivity contribution in [2.24, 2.45) is 0 Å². The molecule has 148 valence electrons. The van der Waals surface area contributed by atoms with Crippen LogP contribution in [0.1, 0.15) is 13.3 Å². The molecule has 6 nitrogen and oxygen atoms in total. The van der Waals surface area contributed by atoms with E-state index >= 15 is 0 Å². The predicted octanol–water partition coefficient (Wildman–Crippen LogP) is 3.46. The summed E-state index contributed by atoms with van der Waals surface area (Å²) in [7, 11) is 0. The molecule has 0 aliphatic carbocycles. The number of ether oxygens (including phenoxy) is 1. The molecule has 0 radical (unpaired) electrons. The topological polar surface area (TPSA) is 61.9 Å². The van der Waals surface area contributed by atoms with Crippen molar-refractivity contribution < 1.29 is 14.3 Å². The molecule has 1 heterocycles. The van der Waals surface area contributed by atoms with Gasteiger partial charge in [0, 0.05) is 50.4 Å². The summed E-state index contributed by atoms with van der Waals surface area (Å²) < 4.78 is 5.03. The van der Waals surface area contributed by atoms with Crippen molar-refractivity contribution in [2.75, 3.05) is 44.6 Å². The summed E-state index contributed by atoms with van der Waals surface area (Å²) in [5.74, 6) is -0.00352. The number of piperazine rings is 1. The monoisotopic (exact) mass is 381 g/mol. The second-order valence-electron chi connectivity index (χ2n) is 6.74. The van der Waals surface area contributed by atoms with Crippen molar-refractivity contribution in [2.45, 2.75) is 13.3 Å². The van der Waals surface area contributed by atoms with E-state index in [0.717, 1.165) is 29.9 Å². The second kappa shape index (κ2) is 9.90. The number of carbonyl (C=O) groups excluding carboxylic acids is 2. The van der Waals surface area contributed by atoms with Gasteiger partial charge in [-0.2, -0.15) is 0 Å². The summed E-state index contributed by atoms with van der Waals surface area (Å²) in [6.45, 7) is 5.66. The Labute approximate surface area is 166 Å². The highest BCUT2D eigenvalue weighted by molar-refractivity contribution is 5.95. The van der Waals surface area contributed by atoms with E-state index in [0.29, 0.717) is 32.7 Å². The van der Waals surface area contributed by atoms with Gasteiger partial charge in [0.05, 0.1) is 6.61 Å². The lowest BCUT2D eigenvalue weighted by molar-refractivity contribution is -0.116. The van der Waals surface area contributed by atoms with Crippen LogP contribution in [0.4, 0.5) is 10.5 Å². The van der Waals surface area contributed by atoms with Crippen molar-refractivity contribution in [3.8, 4) is 11.1 Å². The molecule has 1 aliphatic rings. The summed E-state index contributed by atoms with van der Waals surface area (Å²) in [6.07, 6.45) is 0.167. The number of amides is 2. The van der Waals surface area contributed by atoms with Crippen LogP contribution in [0.3, 0.4) is 0 Å². The number of nitrogens with one attached hydrogen (secondary N) is 1. The average Bonchev–Trinajstić information content (AvgIpc) is 2.74. The van der Waals surface area contributed by atoms with Gasteiger partial charge in [0.15, 0.2) is 0 Å². The molecule has 1 aliphatic heterocycles. The van der Waals surface area contributed by atoms with Gasteiger partial charge in [-0.25, -0.2) is 4.79 Å². The molecule has 28 heavy (non-hydrogen) atoms. The molecular weight excluding hydrogens is 354 g/mol. The molecule has 0 aromatic heterocycles. The molecule has 0 bridgehead atoms. The summed E-state index contributed by atoms with van der Waals surface area (Å²) in [4.78, 5) is 28.1. The molecule has 2 aromatic rings. The Morgan fingerprint density at radius 1 is 0.964 bits per heavy atom. The number of carbonyl (C=O) groups is 2. The minimum atomic E-state index is -0.252. The summed E-state index contributed by atoms with van der Waals surface area (Å²) in [5, 5.41) is 3.04. The molecule has 0 saturated carbocycles. The van der Waals surface area contributed by atoms with Crippen molar-refractivity contribution in [1.29, 1.82) is 0 Å². The van der Waals surface area contributed by atoms with E-state index in [1.54, 1.807) is 4.90 Å². The molecule has 2 aromatic carbocycles. The molecule has 1 saturated heterocycles. The molecule has 6 heteroatoms. The van der Waals surface area contributed by atoms with E-state index in [2.05, 4.69) is 10.2 Å². The highest BCUT2D eigenvalue weighted by atomic mass is 16.6. The number of benzene rings is 2. The van der Waals surface area contributed by atoms with Gasteiger partial charge in [0.2, 0.25) is 5.91 Å². The SMILES string of the molecule is CCOC(=O)N1CCN(CCC(=O)Nc2ccccc2-c2ccccc2)CC1. The first-order valence-electron chi connectivity index (χ1n) is 9.75. The van der Waals surface area contributed by atoms with Gasteiger partial charge < -0.3 is 15.0 Å². The average molecular weight is 381 g/mol. The third-order valence-electron chi connectivity index (χ3n) is 4.84. The zero-order valence-corrected chi connectivity index (χ0v) is 16.3. The van der Waals surface area contributed by atoms with E-state index < -0.39 is 0 Å². The first-order chi connectivity index (χ1) is 13.7. The fraction of sp³-hybridized carbons (Fsp3) is 0.364. The first kappa shape index (κ1) is 19.9. The lowest BCUT2D eigenvalue weighted by Gasteiger charge is -2.33. The van der Waals surface area contributed by atoms with Crippen LogP contribution >= 0.6 is 0 Å². The van der Waals surface area contributed by atoms with Crippen molar-refractivity contribution >= 4 is 17.7 Å². The van der Waals surface area contributed by atoms with Gasteiger partial charge in [-0.15, -0.1) is 0 Å². The fourth-order valence-electron chi connectivity index (χ4n) is 3.30. The predicted molar refractivity (Wildman–Crippen MR) is 110 cm³/mol. The number of hydrogen-bond acceptors (Lipinski definition) is 4. The normalized spacial score (nSPS) is 14.5. The van der Waals surface area contributed by atoms with Gasteiger partial charge in [-0.1, -0.05) is 48.5 Å². The van der Waals surface area contributed by atoms with Gasteiger partial charge in [0.1, 0.15) is 0 Å². The van der Waals surface area contributed by atoms with Crippen LogP contribution in [-0.2, 0) is 9.53 Å². The van der Waals surface area contributed by atoms with Crippen LogP contribution < -0.4 is 5.32 Å². The molecular formula is C22H27N3O3. The summed E-state index contributed by atoms with van der Waals surface area (Å²) in [6, 6.07) is 17.9. The van der Waals surface area contributed by atoms with E-state index in [1.807, 2.05) is 61.5 Å². The highest BCUT2D eigenvalue weighted by Crippen LogP contribution is 2.27. The molecule has 0 spiro atoms. The number of nitrogens with zero attached hydrogens (tertiary/aromatic N) is 2. The molecule has 2 amide bonds.